The summed E-state index contributed by atoms with van der Waals surface area (Å²) in [5, 5.41) is 13.7. The average molecular weight is 477 g/mol. The molecular formula is C23H21BrN6O. The highest BCUT2D eigenvalue weighted by Gasteiger charge is 2.15. The van der Waals surface area contributed by atoms with Crippen LogP contribution in [0.15, 0.2) is 62.9 Å². The molecule has 7 nitrogen and oxygen atoms in total. The first kappa shape index (κ1) is 20.8. The Balaban J connectivity index is 1.61. The first-order valence-electron chi connectivity index (χ1n) is 10.1. The lowest BCUT2D eigenvalue weighted by molar-refractivity contribution is 0.577. The van der Waals surface area contributed by atoms with Crippen molar-refractivity contribution in [1.29, 1.82) is 5.26 Å². The van der Waals surface area contributed by atoms with Gasteiger partial charge in [-0.25, -0.2) is 10.4 Å². The molecule has 1 saturated heterocycles. The molecule has 0 atom stereocenters. The Bertz CT molecular complexity index is 1190. The van der Waals surface area contributed by atoms with E-state index < -0.39 is 5.56 Å². The quantitative estimate of drug-likeness (QED) is 0.417. The molecule has 0 aliphatic carbocycles. The number of nitrogens with one attached hydrogen (secondary N) is 2. The largest absolute Gasteiger partial charge is 0.371 e. The second-order valence-electron chi connectivity index (χ2n) is 7.24. The molecule has 0 radical (unpaired) electrons. The van der Waals surface area contributed by atoms with E-state index in [9.17, 15) is 10.1 Å². The zero-order valence-electron chi connectivity index (χ0n) is 16.8. The molecule has 1 aliphatic rings. The minimum Gasteiger partial charge on any atom is -0.371 e. The highest BCUT2D eigenvalue weighted by atomic mass is 79.9. The van der Waals surface area contributed by atoms with E-state index >= 15 is 0 Å². The van der Waals surface area contributed by atoms with Crippen molar-refractivity contribution in [2.24, 2.45) is 5.10 Å². The average Bonchev–Trinajstić information content (AvgIpc) is 2.81. The van der Waals surface area contributed by atoms with Crippen LogP contribution in [-0.4, -0.2) is 29.3 Å². The third kappa shape index (κ3) is 4.84. The Kier molecular flexibility index (Phi) is 6.43. The number of aromatic amines is 1. The lowest BCUT2D eigenvalue weighted by Crippen LogP contribution is -2.30. The summed E-state index contributed by atoms with van der Waals surface area (Å²) < 4.78 is 1.02. The van der Waals surface area contributed by atoms with Gasteiger partial charge in [0.2, 0.25) is 5.95 Å². The van der Waals surface area contributed by atoms with Crippen molar-refractivity contribution in [1.82, 2.24) is 9.97 Å². The minimum atomic E-state index is -0.508. The molecule has 31 heavy (non-hydrogen) atoms. The van der Waals surface area contributed by atoms with Crippen molar-refractivity contribution in [3.05, 3.63) is 74.5 Å². The number of halogens is 1. The molecule has 1 fully saturated rings. The molecule has 2 N–H and O–H groups in total. The van der Waals surface area contributed by atoms with E-state index in [0.29, 0.717) is 11.3 Å². The standard InChI is InChI=1S/C23H21BrN6O/c24-18-10-9-17(20(13-18)30-11-5-2-6-12-30)15-26-29-23-27-21(16-7-3-1-4-8-16)19(14-25)22(31)28-23/h1,3-4,7-10,13,15H,2,5-6,11-12H2,(H2,27,28,29,31). The maximum atomic E-state index is 12.4. The normalized spacial score (nSPS) is 13.9. The molecule has 2 aromatic carbocycles. The number of benzene rings is 2. The summed E-state index contributed by atoms with van der Waals surface area (Å²) in [6.45, 7) is 2.05. The summed E-state index contributed by atoms with van der Waals surface area (Å²) >= 11 is 3.56. The fraction of sp³-hybridized carbons (Fsp3) is 0.217. The number of nitriles is 1. The van der Waals surface area contributed by atoms with E-state index in [0.717, 1.165) is 28.8 Å². The van der Waals surface area contributed by atoms with Crippen LogP contribution >= 0.6 is 15.9 Å². The van der Waals surface area contributed by atoms with Crippen LogP contribution in [-0.2, 0) is 0 Å². The van der Waals surface area contributed by atoms with Crippen molar-refractivity contribution in [3.8, 4) is 17.3 Å². The molecule has 0 spiro atoms. The van der Waals surface area contributed by atoms with Gasteiger partial charge in [0.15, 0.2) is 0 Å². The Morgan fingerprint density at radius 3 is 2.68 bits per heavy atom. The summed E-state index contributed by atoms with van der Waals surface area (Å²) in [4.78, 5) is 21.7. The van der Waals surface area contributed by atoms with Gasteiger partial charge in [0.25, 0.3) is 5.56 Å². The molecule has 4 rings (SSSR count). The third-order valence-corrected chi connectivity index (χ3v) is 5.64. The number of piperidine rings is 1. The number of rotatable bonds is 5. The SMILES string of the molecule is N#Cc1c(-c2ccccc2)nc(NN=Cc2ccc(Br)cc2N2CCCCC2)[nH]c1=O. The second-order valence-corrected chi connectivity index (χ2v) is 8.15. The maximum absolute atomic E-state index is 12.4. The monoisotopic (exact) mass is 476 g/mol. The van der Waals surface area contributed by atoms with Crippen LogP contribution in [0.5, 0.6) is 0 Å². The topological polar surface area (TPSA) is 97.2 Å². The zero-order valence-corrected chi connectivity index (χ0v) is 18.4. The van der Waals surface area contributed by atoms with E-state index in [-0.39, 0.29) is 11.5 Å². The molecule has 0 amide bonds. The Morgan fingerprint density at radius 1 is 1.16 bits per heavy atom. The molecule has 0 unspecified atom stereocenters. The first-order chi connectivity index (χ1) is 15.2. The number of nitrogens with zero attached hydrogens (tertiary/aromatic N) is 4. The Hall–Kier alpha value is -3.44. The highest BCUT2D eigenvalue weighted by Crippen LogP contribution is 2.27. The summed E-state index contributed by atoms with van der Waals surface area (Å²) in [6, 6.07) is 17.2. The summed E-state index contributed by atoms with van der Waals surface area (Å²) in [5.41, 5.74) is 5.37. The Labute approximate surface area is 188 Å². The van der Waals surface area contributed by atoms with E-state index in [2.05, 4.69) is 47.4 Å². The van der Waals surface area contributed by atoms with Crippen LogP contribution in [0.2, 0.25) is 0 Å². The zero-order chi connectivity index (χ0) is 21.6. The number of aromatic nitrogens is 2. The molecule has 2 heterocycles. The van der Waals surface area contributed by atoms with Gasteiger partial charge in [-0.05, 0) is 31.4 Å². The van der Waals surface area contributed by atoms with Gasteiger partial charge in [0.05, 0.1) is 11.9 Å². The van der Waals surface area contributed by atoms with Gasteiger partial charge < -0.3 is 4.90 Å². The molecular weight excluding hydrogens is 456 g/mol. The van der Waals surface area contributed by atoms with E-state index in [1.54, 1.807) is 6.21 Å². The van der Waals surface area contributed by atoms with Crippen molar-refractivity contribution in [2.75, 3.05) is 23.4 Å². The molecule has 8 heteroatoms. The van der Waals surface area contributed by atoms with Gasteiger partial charge in [-0.15, -0.1) is 0 Å². The molecule has 156 valence electrons. The third-order valence-electron chi connectivity index (χ3n) is 5.14. The smallest absolute Gasteiger partial charge is 0.270 e. The fourth-order valence-electron chi connectivity index (χ4n) is 3.63. The van der Waals surface area contributed by atoms with Gasteiger partial charge in [-0.2, -0.15) is 10.4 Å². The van der Waals surface area contributed by atoms with Crippen LogP contribution in [0.25, 0.3) is 11.3 Å². The summed E-state index contributed by atoms with van der Waals surface area (Å²) in [5.74, 6) is 0.177. The van der Waals surface area contributed by atoms with Gasteiger partial charge >= 0.3 is 0 Å². The predicted molar refractivity (Wildman–Crippen MR) is 126 cm³/mol. The van der Waals surface area contributed by atoms with Crippen molar-refractivity contribution < 1.29 is 0 Å². The highest BCUT2D eigenvalue weighted by molar-refractivity contribution is 9.10. The summed E-state index contributed by atoms with van der Waals surface area (Å²) in [7, 11) is 0. The number of anilines is 2. The number of H-pyrrole nitrogens is 1. The molecule has 1 aliphatic heterocycles. The van der Waals surface area contributed by atoms with Crippen LogP contribution in [0.1, 0.15) is 30.4 Å². The molecule has 3 aromatic rings. The van der Waals surface area contributed by atoms with Gasteiger partial charge in [0, 0.05) is 34.4 Å². The number of hydrogen-bond donors (Lipinski definition) is 2. The van der Waals surface area contributed by atoms with E-state index in [1.807, 2.05) is 48.5 Å². The van der Waals surface area contributed by atoms with Crippen LogP contribution in [0, 0.1) is 11.3 Å². The molecule has 0 bridgehead atoms. The lowest BCUT2D eigenvalue weighted by Gasteiger charge is -2.30. The van der Waals surface area contributed by atoms with Gasteiger partial charge in [0.1, 0.15) is 11.6 Å². The van der Waals surface area contributed by atoms with Crippen molar-refractivity contribution in [3.63, 3.8) is 0 Å². The van der Waals surface area contributed by atoms with Gasteiger partial charge in [-0.3, -0.25) is 9.78 Å². The minimum absolute atomic E-state index is 0.0268. The maximum Gasteiger partial charge on any atom is 0.270 e. The van der Waals surface area contributed by atoms with Crippen LogP contribution in [0.3, 0.4) is 0 Å². The van der Waals surface area contributed by atoms with E-state index in [4.69, 9.17) is 0 Å². The molecule has 0 saturated carbocycles. The molecule has 1 aromatic heterocycles. The van der Waals surface area contributed by atoms with E-state index in [1.165, 1.54) is 19.3 Å². The van der Waals surface area contributed by atoms with Crippen LogP contribution in [0.4, 0.5) is 11.6 Å². The van der Waals surface area contributed by atoms with Crippen LogP contribution < -0.4 is 15.9 Å². The van der Waals surface area contributed by atoms with Gasteiger partial charge in [-0.1, -0.05) is 52.3 Å². The lowest BCUT2D eigenvalue weighted by atomic mass is 10.1. The van der Waals surface area contributed by atoms with Crippen molar-refractivity contribution in [2.45, 2.75) is 19.3 Å². The second kappa shape index (κ2) is 9.58. The fourth-order valence-corrected chi connectivity index (χ4v) is 3.98. The number of hydrogen-bond acceptors (Lipinski definition) is 6. The Morgan fingerprint density at radius 2 is 1.94 bits per heavy atom. The predicted octanol–water partition coefficient (Wildman–Crippen LogP) is 4.51. The van der Waals surface area contributed by atoms with Crippen molar-refractivity contribution >= 4 is 33.8 Å². The summed E-state index contributed by atoms with van der Waals surface area (Å²) in [6.07, 6.45) is 5.34. The first-order valence-corrected chi connectivity index (χ1v) is 10.9. The number of hydrazone groups is 1.